The second-order valence-corrected chi connectivity index (χ2v) is 8.01. The van der Waals surface area contributed by atoms with E-state index in [0.717, 1.165) is 25.5 Å². The Labute approximate surface area is 189 Å². The van der Waals surface area contributed by atoms with Gasteiger partial charge in [0.05, 0.1) is 37.8 Å². The molecule has 1 saturated carbocycles. The summed E-state index contributed by atoms with van der Waals surface area (Å²) in [5, 5.41) is 4.25. The predicted molar refractivity (Wildman–Crippen MR) is 116 cm³/mol. The molecule has 0 amide bonds. The molecule has 2 atom stereocenters. The third-order valence-electron chi connectivity index (χ3n) is 5.89. The fraction of sp³-hybridized carbons (Fsp3) is 0.455. The number of nitrogens with two attached hydrogens (primary N) is 1. The molecular weight excluding hydrogens is 431 g/mol. The summed E-state index contributed by atoms with van der Waals surface area (Å²) in [6, 6.07) is 1.46. The molecule has 33 heavy (non-hydrogen) atoms. The zero-order chi connectivity index (χ0) is 22.9. The monoisotopic (exact) mass is 456 g/mol. The molecule has 1 aliphatic carbocycles. The van der Waals surface area contributed by atoms with Crippen LogP contribution in [0.4, 0.5) is 10.2 Å². The highest BCUT2D eigenvalue weighted by molar-refractivity contribution is 5.96. The molecule has 0 spiro atoms. The normalized spacial score (nSPS) is 19.2. The number of halogens is 1. The van der Waals surface area contributed by atoms with E-state index >= 15 is 0 Å². The maximum atomic E-state index is 14.1. The number of anilines is 1. The van der Waals surface area contributed by atoms with Crippen LogP contribution in [0.3, 0.4) is 0 Å². The summed E-state index contributed by atoms with van der Waals surface area (Å²) < 4.78 is 32.7. The van der Waals surface area contributed by atoms with Gasteiger partial charge < -0.3 is 24.8 Å². The zero-order valence-electron chi connectivity index (χ0n) is 18.2. The number of aromatic nitrogens is 4. The molecule has 174 valence electrons. The van der Waals surface area contributed by atoms with E-state index in [1.54, 1.807) is 13.1 Å². The molecule has 2 N–H and O–H groups in total. The third kappa shape index (κ3) is 3.92. The highest BCUT2D eigenvalue weighted by atomic mass is 19.1. The first-order valence-corrected chi connectivity index (χ1v) is 11.0. The van der Waals surface area contributed by atoms with Crippen molar-refractivity contribution in [1.82, 2.24) is 19.6 Å². The molecule has 0 saturated heterocycles. The second-order valence-electron chi connectivity index (χ2n) is 8.01. The van der Waals surface area contributed by atoms with Crippen LogP contribution in [0.15, 0.2) is 24.7 Å². The van der Waals surface area contributed by atoms with Crippen LogP contribution in [0, 0.1) is 5.82 Å². The number of nitrogens with zero attached hydrogens (tertiary/aromatic N) is 5. The number of carbonyl (C=O) groups is 1. The van der Waals surface area contributed by atoms with Crippen LogP contribution in [0.5, 0.6) is 11.6 Å². The fourth-order valence-electron chi connectivity index (χ4n) is 4.49. The van der Waals surface area contributed by atoms with Gasteiger partial charge >= 0.3 is 5.97 Å². The lowest BCUT2D eigenvalue weighted by Crippen LogP contribution is -2.47. The van der Waals surface area contributed by atoms with E-state index in [9.17, 15) is 9.18 Å². The van der Waals surface area contributed by atoms with Gasteiger partial charge in [-0.2, -0.15) is 5.10 Å². The van der Waals surface area contributed by atoms with Gasteiger partial charge in [0.15, 0.2) is 17.2 Å². The van der Waals surface area contributed by atoms with Crippen LogP contribution in [0.25, 0.3) is 5.65 Å². The van der Waals surface area contributed by atoms with Crippen LogP contribution >= 0.6 is 0 Å². The van der Waals surface area contributed by atoms with Gasteiger partial charge in [0, 0.05) is 12.1 Å². The highest BCUT2D eigenvalue weighted by Crippen LogP contribution is 2.42. The van der Waals surface area contributed by atoms with Crippen molar-refractivity contribution in [2.24, 2.45) is 5.73 Å². The van der Waals surface area contributed by atoms with Gasteiger partial charge in [0.25, 0.3) is 0 Å². The number of hydrogen-bond acceptors (Lipinski definition) is 9. The summed E-state index contributed by atoms with van der Waals surface area (Å²) in [6.07, 6.45) is 7.08. The topological polar surface area (TPSA) is 117 Å². The molecule has 0 bridgehead atoms. The molecule has 5 rings (SSSR count). The van der Waals surface area contributed by atoms with E-state index in [2.05, 4.69) is 15.0 Å². The highest BCUT2D eigenvalue weighted by Gasteiger charge is 2.41. The minimum atomic E-state index is -0.492. The van der Waals surface area contributed by atoms with Crippen molar-refractivity contribution in [2.75, 3.05) is 24.7 Å². The first kappa shape index (κ1) is 21.4. The van der Waals surface area contributed by atoms with Crippen LogP contribution in [0.1, 0.15) is 42.1 Å². The summed E-state index contributed by atoms with van der Waals surface area (Å²) in [6.45, 7) is 2.90. The van der Waals surface area contributed by atoms with E-state index < -0.39 is 11.8 Å². The number of esters is 1. The van der Waals surface area contributed by atoms with Gasteiger partial charge in [-0.1, -0.05) is 0 Å². The quantitative estimate of drug-likeness (QED) is 0.533. The van der Waals surface area contributed by atoms with Crippen LogP contribution < -0.4 is 20.1 Å². The maximum absolute atomic E-state index is 14.1. The number of pyridine rings is 1. The minimum Gasteiger partial charge on any atom is -0.483 e. The summed E-state index contributed by atoms with van der Waals surface area (Å²) >= 11 is 0. The van der Waals surface area contributed by atoms with Crippen molar-refractivity contribution in [3.8, 4) is 11.6 Å². The third-order valence-corrected chi connectivity index (χ3v) is 5.89. The molecule has 1 fully saturated rings. The van der Waals surface area contributed by atoms with Gasteiger partial charge in [0.1, 0.15) is 24.1 Å². The zero-order valence-corrected chi connectivity index (χ0v) is 18.2. The molecule has 10 nitrogen and oxygen atoms in total. The number of ether oxygens (including phenoxy) is 3. The molecule has 1 aliphatic heterocycles. The Hall–Kier alpha value is -3.47. The van der Waals surface area contributed by atoms with Crippen molar-refractivity contribution in [2.45, 2.75) is 44.9 Å². The summed E-state index contributed by atoms with van der Waals surface area (Å²) in [5.74, 6) is 0.505. The van der Waals surface area contributed by atoms with E-state index in [1.165, 1.54) is 16.8 Å². The van der Waals surface area contributed by atoms with E-state index in [0.29, 0.717) is 41.7 Å². The van der Waals surface area contributed by atoms with E-state index in [1.807, 2.05) is 0 Å². The number of carbonyl (C=O) groups excluding carboxylic acids is 1. The fourth-order valence-corrected chi connectivity index (χ4v) is 4.49. The van der Waals surface area contributed by atoms with Gasteiger partial charge in [0.2, 0.25) is 5.88 Å². The van der Waals surface area contributed by atoms with Gasteiger partial charge in [-0.3, -0.25) is 0 Å². The molecule has 3 aromatic heterocycles. The van der Waals surface area contributed by atoms with Crippen molar-refractivity contribution in [1.29, 1.82) is 0 Å². The van der Waals surface area contributed by atoms with Crippen molar-refractivity contribution in [3.05, 3.63) is 41.6 Å². The smallest absolute Gasteiger partial charge is 0.343 e. The molecular formula is C22H25FN6O4. The molecule has 4 heterocycles. The van der Waals surface area contributed by atoms with Crippen LogP contribution in [-0.2, 0) is 11.3 Å². The lowest BCUT2D eigenvalue weighted by molar-refractivity contribution is 0.0528. The Bertz CT molecular complexity index is 1190. The van der Waals surface area contributed by atoms with Crippen LogP contribution in [0.2, 0.25) is 0 Å². The van der Waals surface area contributed by atoms with Crippen molar-refractivity contribution in [3.63, 3.8) is 0 Å². The largest absolute Gasteiger partial charge is 0.483 e. The Morgan fingerprint density at radius 1 is 1.36 bits per heavy atom. The van der Waals surface area contributed by atoms with Crippen LogP contribution in [-0.4, -0.2) is 57.5 Å². The maximum Gasteiger partial charge on any atom is 0.343 e. The van der Waals surface area contributed by atoms with Crippen molar-refractivity contribution < 1.29 is 23.4 Å². The summed E-state index contributed by atoms with van der Waals surface area (Å²) in [4.78, 5) is 23.3. The molecule has 2 unspecified atom stereocenters. The molecule has 3 aromatic rings. The first-order chi connectivity index (χ1) is 16.1. The Morgan fingerprint density at radius 2 is 2.24 bits per heavy atom. The molecule has 11 heteroatoms. The molecule has 0 radical (unpaired) electrons. The van der Waals surface area contributed by atoms with E-state index in [-0.39, 0.29) is 30.9 Å². The SMILES string of the molecule is CCOC(=O)c1cnn2cc3c(nc12)N(Cc1cc(F)cnc1OCCN)C1CCCC1O3. The standard InChI is InChI=1S/C22H25FN6O4/c1-2-31-22(30)15-10-26-29-12-18-20(27-19(15)29)28(16-4-3-5-17(16)33-18)11-13-8-14(23)9-25-21(13)32-7-6-24/h8-10,12,16-17H,2-7,11,24H2,1H3. The van der Waals surface area contributed by atoms with Gasteiger partial charge in [-0.05, 0) is 32.3 Å². The number of fused-ring (bicyclic) bond motifs is 3. The molecule has 0 aromatic carbocycles. The average molecular weight is 456 g/mol. The number of rotatable bonds is 7. The molecule has 2 aliphatic rings. The minimum absolute atomic E-state index is 0.0215. The van der Waals surface area contributed by atoms with Crippen molar-refractivity contribution >= 4 is 17.4 Å². The first-order valence-electron chi connectivity index (χ1n) is 11.0. The van der Waals surface area contributed by atoms with Gasteiger partial charge in [-0.15, -0.1) is 0 Å². The Kier molecular flexibility index (Phi) is 5.71. The summed E-state index contributed by atoms with van der Waals surface area (Å²) in [7, 11) is 0. The lowest BCUT2D eigenvalue weighted by atomic mass is 10.1. The Morgan fingerprint density at radius 3 is 3.06 bits per heavy atom. The summed E-state index contributed by atoms with van der Waals surface area (Å²) in [5.41, 5.74) is 6.79. The second kappa shape index (κ2) is 8.81. The average Bonchev–Trinajstić information content (AvgIpc) is 3.44. The predicted octanol–water partition coefficient (Wildman–Crippen LogP) is 2.10. The van der Waals surface area contributed by atoms with Gasteiger partial charge in [-0.25, -0.2) is 23.7 Å². The Balaban J connectivity index is 1.58. The lowest BCUT2D eigenvalue weighted by Gasteiger charge is -2.39. The number of hydrogen-bond donors (Lipinski definition) is 1. The van der Waals surface area contributed by atoms with E-state index in [4.69, 9.17) is 24.9 Å².